The molecular formula is C22H26O7P+. The fraction of sp³-hybridized carbons (Fsp3) is 0.364. The molecule has 0 heterocycles. The fourth-order valence-corrected chi connectivity index (χ4v) is 4.10. The van der Waals surface area contributed by atoms with Crippen molar-refractivity contribution in [2.45, 2.75) is 26.4 Å². The number of hydrogen-bond donors (Lipinski definition) is 0. The van der Waals surface area contributed by atoms with Crippen LogP contribution in [0.4, 0.5) is 0 Å². The Labute approximate surface area is 177 Å². The van der Waals surface area contributed by atoms with Gasteiger partial charge in [-0.05, 0) is 45.0 Å². The van der Waals surface area contributed by atoms with Crippen LogP contribution in [0.5, 0.6) is 23.0 Å². The smallest absolute Gasteiger partial charge is 0.431 e. The average molecular weight is 433 g/mol. The summed E-state index contributed by atoms with van der Waals surface area (Å²) in [5, 5.41) is 0. The molecule has 0 saturated carbocycles. The Balaban J connectivity index is 2.45. The number of carbonyl (C=O) groups excluding carboxylic acids is 2. The van der Waals surface area contributed by atoms with E-state index in [4.69, 9.17) is 18.9 Å². The number of hydrogen-bond acceptors (Lipinski definition) is 7. The van der Waals surface area contributed by atoms with Crippen LogP contribution in [0.2, 0.25) is 0 Å². The van der Waals surface area contributed by atoms with Gasteiger partial charge in [0.2, 0.25) is 11.4 Å². The van der Waals surface area contributed by atoms with E-state index in [2.05, 4.69) is 0 Å². The van der Waals surface area contributed by atoms with E-state index >= 15 is 0 Å². The van der Waals surface area contributed by atoms with Crippen LogP contribution in [0.15, 0.2) is 36.4 Å². The predicted octanol–water partition coefficient (Wildman–Crippen LogP) is 4.74. The van der Waals surface area contributed by atoms with Crippen molar-refractivity contribution < 1.29 is 33.1 Å². The van der Waals surface area contributed by atoms with E-state index in [1.54, 1.807) is 50.2 Å². The second-order valence-electron chi connectivity index (χ2n) is 6.20. The Morgan fingerprint density at radius 1 is 0.833 bits per heavy atom. The highest BCUT2D eigenvalue weighted by atomic mass is 31.1. The highest BCUT2D eigenvalue weighted by Gasteiger charge is 2.45. The lowest BCUT2D eigenvalue weighted by atomic mass is 10.1. The first kappa shape index (κ1) is 23.4. The van der Waals surface area contributed by atoms with Crippen molar-refractivity contribution in [1.82, 2.24) is 0 Å². The maximum Gasteiger partial charge on any atom is 0.431 e. The topological polar surface area (TPSA) is 88.1 Å². The fourth-order valence-electron chi connectivity index (χ4n) is 2.97. The van der Waals surface area contributed by atoms with E-state index in [0.717, 1.165) is 0 Å². The summed E-state index contributed by atoms with van der Waals surface area (Å²) >= 11 is 0. The Hall–Kier alpha value is -2.92. The summed E-state index contributed by atoms with van der Waals surface area (Å²) in [7, 11) is 0.166. The van der Waals surface area contributed by atoms with Crippen LogP contribution >= 0.6 is 7.80 Å². The molecule has 2 atom stereocenters. The Morgan fingerprint density at radius 2 is 1.27 bits per heavy atom. The third kappa shape index (κ3) is 4.79. The molecule has 2 unspecified atom stereocenters. The van der Waals surface area contributed by atoms with Gasteiger partial charge in [0.05, 0.1) is 27.4 Å². The molecule has 0 bridgehead atoms. The highest BCUT2D eigenvalue weighted by Crippen LogP contribution is 2.42. The van der Waals surface area contributed by atoms with Gasteiger partial charge in [-0.1, -0.05) is 16.7 Å². The van der Waals surface area contributed by atoms with Crippen LogP contribution in [0.1, 0.15) is 41.5 Å². The third-order valence-electron chi connectivity index (χ3n) is 4.41. The summed E-state index contributed by atoms with van der Waals surface area (Å²) < 4.78 is 34.7. The van der Waals surface area contributed by atoms with E-state index in [1.807, 2.05) is 0 Å². The number of ether oxygens (including phenoxy) is 4. The second-order valence-corrected chi connectivity index (χ2v) is 8.04. The van der Waals surface area contributed by atoms with Crippen molar-refractivity contribution in [2.24, 2.45) is 0 Å². The first-order valence-electron chi connectivity index (χ1n) is 9.55. The van der Waals surface area contributed by atoms with Crippen molar-refractivity contribution in [1.29, 1.82) is 0 Å². The molecule has 0 saturated heterocycles. The van der Waals surface area contributed by atoms with E-state index < -0.39 is 24.8 Å². The molecule has 0 fully saturated rings. The molecular weight excluding hydrogens is 407 g/mol. The lowest BCUT2D eigenvalue weighted by molar-refractivity contribution is 0.0974. The monoisotopic (exact) mass is 433 g/mol. The SMILES string of the molecule is CCOc1cccc(OCC)c1C(=O)C(C)[P+](=O)C(=O)c1c(OC)cccc1OC. The van der Waals surface area contributed by atoms with Crippen molar-refractivity contribution in [3.8, 4) is 23.0 Å². The summed E-state index contributed by atoms with van der Waals surface area (Å²) in [4.78, 5) is 26.3. The van der Waals surface area contributed by atoms with Gasteiger partial charge in [0.15, 0.2) is 5.56 Å². The Morgan fingerprint density at radius 3 is 1.67 bits per heavy atom. The van der Waals surface area contributed by atoms with Crippen LogP contribution in [0.3, 0.4) is 0 Å². The normalized spacial score (nSPS) is 12.0. The maximum absolute atomic E-state index is 13.3. The molecule has 0 spiro atoms. The molecule has 7 nitrogen and oxygen atoms in total. The van der Waals surface area contributed by atoms with Crippen molar-refractivity contribution in [3.05, 3.63) is 47.5 Å². The van der Waals surface area contributed by atoms with E-state index in [-0.39, 0.29) is 22.6 Å². The Bertz CT molecular complexity index is 893. The van der Waals surface area contributed by atoms with Crippen molar-refractivity contribution >= 4 is 19.1 Å². The second kappa shape index (κ2) is 10.7. The molecule has 0 N–H and O–H groups in total. The van der Waals surface area contributed by atoms with E-state index in [9.17, 15) is 14.2 Å². The van der Waals surface area contributed by atoms with Gasteiger partial charge in [-0.25, -0.2) is 4.79 Å². The van der Waals surface area contributed by atoms with Crippen LogP contribution in [0, 0.1) is 0 Å². The molecule has 0 aliphatic heterocycles. The minimum Gasteiger partial charge on any atom is -0.496 e. The predicted molar refractivity (Wildman–Crippen MR) is 114 cm³/mol. The molecule has 2 aromatic carbocycles. The number of ketones is 1. The third-order valence-corrected chi connectivity index (χ3v) is 5.97. The van der Waals surface area contributed by atoms with E-state index in [1.165, 1.54) is 21.1 Å². The largest absolute Gasteiger partial charge is 0.496 e. The van der Waals surface area contributed by atoms with Gasteiger partial charge in [0.1, 0.15) is 28.6 Å². The number of benzene rings is 2. The standard InChI is InChI=1S/C22H26O7P/c1-6-28-17-12-9-13-18(29-7-2)19(17)21(23)14(3)30(25)22(24)20-15(26-4)10-8-11-16(20)27-5/h8-14H,6-7H2,1-5H3/q+1. The molecule has 0 aliphatic rings. The average Bonchev–Trinajstić information content (AvgIpc) is 2.77. The maximum atomic E-state index is 13.3. The zero-order valence-electron chi connectivity index (χ0n) is 17.8. The first-order valence-corrected chi connectivity index (χ1v) is 10.9. The summed E-state index contributed by atoms with van der Waals surface area (Å²) in [5.74, 6) is 0.613. The number of Topliss-reactive ketones (excluding diaryl/α,β-unsaturated/α-hetero) is 1. The zero-order chi connectivity index (χ0) is 22.3. The minimum absolute atomic E-state index is 0.0476. The molecule has 30 heavy (non-hydrogen) atoms. The molecule has 0 aromatic heterocycles. The van der Waals surface area contributed by atoms with Gasteiger partial charge < -0.3 is 18.9 Å². The van der Waals surface area contributed by atoms with Crippen molar-refractivity contribution in [3.63, 3.8) is 0 Å². The van der Waals surface area contributed by atoms with Gasteiger partial charge in [-0.2, -0.15) is 0 Å². The molecule has 0 radical (unpaired) electrons. The van der Waals surface area contributed by atoms with Crippen LogP contribution in [-0.2, 0) is 4.57 Å². The summed E-state index contributed by atoms with van der Waals surface area (Å²) in [6.45, 7) is 5.73. The number of carbonyl (C=O) groups is 2. The molecule has 160 valence electrons. The number of methoxy groups -OCH3 is 2. The summed E-state index contributed by atoms with van der Waals surface area (Å²) in [6, 6.07) is 9.80. The van der Waals surface area contributed by atoms with Gasteiger partial charge in [0.25, 0.3) is 0 Å². The summed E-state index contributed by atoms with van der Waals surface area (Å²) in [6.07, 6.45) is 0. The summed E-state index contributed by atoms with van der Waals surface area (Å²) in [5.41, 5.74) is -1.60. The lowest BCUT2D eigenvalue weighted by Crippen LogP contribution is -2.19. The molecule has 8 heteroatoms. The quantitative estimate of drug-likeness (QED) is 0.374. The molecule has 2 rings (SSSR count). The zero-order valence-corrected chi connectivity index (χ0v) is 18.7. The highest BCUT2D eigenvalue weighted by molar-refractivity contribution is 7.66. The minimum atomic E-state index is -2.64. The molecule has 0 amide bonds. The van der Waals surface area contributed by atoms with Gasteiger partial charge in [-0.3, -0.25) is 4.79 Å². The van der Waals surface area contributed by atoms with Crippen LogP contribution in [0.25, 0.3) is 0 Å². The number of rotatable bonds is 11. The van der Waals surface area contributed by atoms with Gasteiger partial charge in [-0.15, -0.1) is 0 Å². The van der Waals surface area contributed by atoms with Crippen molar-refractivity contribution in [2.75, 3.05) is 27.4 Å². The van der Waals surface area contributed by atoms with E-state index in [0.29, 0.717) is 24.7 Å². The van der Waals surface area contributed by atoms with Gasteiger partial charge >= 0.3 is 13.3 Å². The first-order chi connectivity index (χ1) is 14.4. The van der Waals surface area contributed by atoms with Crippen LogP contribution < -0.4 is 18.9 Å². The van der Waals surface area contributed by atoms with Crippen LogP contribution in [-0.4, -0.2) is 44.4 Å². The molecule has 0 aliphatic carbocycles. The Kier molecular flexibility index (Phi) is 8.36. The molecule has 2 aromatic rings. The van der Waals surface area contributed by atoms with Gasteiger partial charge in [0, 0.05) is 0 Å². The lowest BCUT2D eigenvalue weighted by Gasteiger charge is -2.14.